The number of fused-ring (bicyclic) bond motifs is 1. The van der Waals surface area contributed by atoms with Crippen molar-refractivity contribution in [1.82, 2.24) is 9.99 Å². The highest BCUT2D eigenvalue weighted by Crippen LogP contribution is 2.33. The highest BCUT2D eigenvalue weighted by atomic mass is 16.2. The van der Waals surface area contributed by atoms with Crippen LogP contribution in [0.15, 0.2) is 65.9 Å². The van der Waals surface area contributed by atoms with Crippen molar-refractivity contribution in [2.75, 3.05) is 7.05 Å². The van der Waals surface area contributed by atoms with E-state index in [1.807, 2.05) is 54.7 Å². The number of carbonyl (C=O) groups excluding carboxylic acids is 1. The Balaban J connectivity index is 1.77. The van der Waals surface area contributed by atoms with Crippen LogP contribution < -0.4 is 0 Å². The Morgan fingerprint density at radius 1 is 1.09 bits per heavy atom. The second kappa shape index (κ2) is 5.39. The number of benzene rings is 2. The summed E-state index contributed by atoms with van der Waals surface area (Å²) in [4.78, 5) is 15.9. The van der Waals surface area contributed by atoms with Crippen molar-refractivity contribution in [2.24, 2.45) is 5.10 Å². The lowest BCUT2D eigenvalue weighted by atomic mass is 9.89. The largest absolute Gasteiger partial charge is 0.361 e. The van der Waals surface area contributed by atoms with Gasteiger partial charge in [0.2, 0.25) is 5.91 Å². The maximum absolute atomic E-state index is 12.6. The van der Waals surface area contributed by atoms with E-state index < -0.39 is 0 Å². The van der Waals surface area contributed by atoms with E-state index in [1.54, 1.807) is 7.05 Å². The lowest BCUT2D eigenvalue weighted by Crippen LogP contribution is -2.35. The van der Waals surface area contributed by atoms with Crippen molar-refractivity contribution in [3.63, 3.8) is 0 Å². The summed E-state index contributed by atoms with van der Waals surface area (Å²) in [6.45, 7) is 0. The van der Waals surface area contributed by atoms with Crippen LogP contribution in [0.25, 0.3) is 10.9 Å². The lowest BCUT2D eigenvalue weighted by molar-refractivity contribution is -0.132. The molecule has 1 amide bonds. The van der Waals surface area contributed by atoms with Gasteiger partial charge in [-0.15, -0.1) is 0 Å². The van der Waals surface area contributed by atoms with Crippen LogP contribution in [0.5, 0.6) is 0 Å². The predicted octanol–water partition coefficient (Wildman–Crippen LogP) is 3.52. The molecule has 4 rings (SSSR count). The first-order chi connectivity index (χ1) is 11.2. The van der Waals surface area contributed by atoms with Gasteiger partial charge in [-0.05, 0) is 17.2 Å². The molecule has 4 heteroatoms. The van der Waals surface area contributed by atoms with Crippen LogP contribution in [0.4, 0.5) is 0 Å². The molecule has 3 aromatic rings. The molecule has 1 aromatic heterocycles. The highest BCUT2D eigenvalue weighted by Gasteiger charge is 2.32. The molecule has 1 atom stereocenters. The molecular weight excluding hydrogens is 286 g/mol. The summed E-state index contributed by atoms with van der Waals surface area (Å²) >= 11 is 0. The van der Waals surface area contributed by atoms with Crippen LogP contribution in [0.1, 0.15) is 23.5 Å². The summed E-state index contributed by atoms with van der Waals surface area (Å²) < 4.78 is 0. The monoisotopic (exact) mass is 303 g/mol. The number of aromatic nitrogens is 1. The summed E-state index contributed by atoms with van der Waals surface area (Å²) in [6, 6.07) is 18.1. The fraction of sp³-hybridized carbons (Fsp3) is 0.158. The quantitative estimate of drug-likeness (QED) is 0.773. The summed E-state index contributed by atoms with van der Waals surface area (Å²) in [5.41, 5.74) is 4.11. The molecule has 1 aliphatic rings. The van der Waals surface area contributed by atoms with Gasteiger partial charge in [-0.3, -0.25) is 4.79 Å². The van der Waals surface area contributed by atoms with Gasteiger partial charge in [-0.2, -0.15) is 5.10 Å². The number of carbonyl (C=O) groups is 1. The molecule has 0 saturated heterocycles. The molecule has 4 nitrogen and oxygen atoms in total. The van der Waals surface area contributed by atoms with E-state index in [2.05, 4.69) is 16.2 Å². The van der Waals surface area contributed by atoms with Crippen LogP contribution in [-0.2, 0) is 4.79 Å². The number of H-pyrrole nitrogens is 1. The van der Waals surface area contributed by atoms with E-state index in [0.29, 0.717) is 6.42 Å². The molecule has 0 aliphatic carbocycles. The standard InChI is InChI=1S/C19H17N3O/c1-22-19(23)15(11-18(21-22)13-7-3-2-4-8-13)16-12-20-17-10-6-5-9-14(16)17/h2-10,12,15,20H,11H2,1H3. The highest BCUT2D eigenvalue weighted by molar-refractivity contribution is 6.07. The van der Waals surface area contributed by atoms with Crippen LogP contribution >= 0.6 is 0 Å². The number of hydrogen-bond donors (Lipinski definition) is 1. The molecule has 0 spiro atoms. The number of nitrogens with zero attached hydrogens (tertiary/aromatic N) is 2. The Morgan fingerprint density at radius 2 is 1.83 bits per heavy atom. The van der Waals surface area contributed by atoms with E-state index in [0.717, 1.165) is 27.7 Å². The van der Waals surface area contributed by atoms with Gasteiger partial charge in [-0.1, -0.05) is 48.5 Å². The van der Waals surface area contributed by atoms with E-state index in [9.17, 15) is 4.79 Å². The minimum Gasteiger partial charge on any atom is -0.361 e. The van der Waals surface area contributed by atoms with E-state index in [4.69, 9.17) is 0 Å². The van der Waals surface area contributed by atoms with E-state index in [-0.39, 0.29) is 11.8 Å². The fourth-order valence-electron chi connectivity index (χ4n) is 3.21. The first-order valence-electron chi connectivity index (χ1n) is 7.70. The summed E-state index contributed by atoms with van der Waals surface area (Å²) in [7, 11) is 1.73. The van der Waals surface area contributed by atoms with Crippen molar-refractivity contribution in [3.05, 3.63) is 71.9 Å². The number of hydrazone groups is 1. The smallest absolute Gasteiger partial charge is 0.250 e. The number of hydrogen-bond acceptors (Lipinski definition) is 2. The van der Waals surface area contributed by atoms with Gasteiger partial charge in [0, 0.05) is 30.6 Å². The zero-order chi connectivity index (χ0) is 15.8. The number of likely N-dealkylation sites (N-methyl/N-ethyl adjacent to an activating group) is 1. The van der Waals surface area contributed by atoms with Gasteiger partial charge in [0.1, 0.15) is 0 Å². The maximum atomic E-state index is 12.6. The third-order valence-corrected chi connectivity index (χ3v) is 4.39. The molecule has 1 unspecified atom stereocenters. The topological polar surface area (TPSA) is 48.5 Å². The van der Waals surface area contributed by atoms with Gasteiger partial charge in [-0.25, -0.2) is 5.01 Å². The molecule has 23 heavy (non-hydrogen) atoms. The maximum Gasteiger partial charge on any atom is 0.250 e. The molecule has 1 N–H and O–H groups in total. The molecule has 0 bridgehead atoms. The molecule has 0 fully saturated rings. The third-order valence-electron chi connectivity index (χ3n) is 4.39. The van der Waals surface area contributed by atoms with Gasteiger partial charge < -0.3 is 4.98 Å². The van der Waals surface area contributed by atoms with Crippen molar-refractivity contribution >= 4 is 22.5 Å². The second-order valence-electron chi connectivity index (χ2n) is 5.82. The van der Waals surface area contributed by atoms with Crippen LogP contribution in [0.3, 0.4) is 0 Å². The average molecular weight is 303 g/mol. The Morgan fingerprint density at radius 3 is 2.65 bits per heavy atom. The zero-order valence-corrected chi connectivity index (χ0v) is 12.9. The minimum absolute atomic E-state index is 0.0365. The molecule has 0 saturated carbocycles. The zero-order valence-electron chi connectivity index (χ0n) is 12.9. The molecule has 1 aliphatic heterocycles. The minimum atomic E-state index is -0.205. The van der Waals surface area contributed by atoms with Crippen LogP contribution in [0.2, 0.25) is 0 Å². The number of para-hydroxylation sites is 1. The van der Waals surface area contributed by atoms with E-state index in [1.165, 1.54) is 5.01 Å². The molecule has 2 aromatic carbocycles. The number of aromatic amines is 1. The van der Waals surface area contributed by atoms with Gasteiger partial charge in [0.05, 0.1) is 11.6 Å². The van der Waals surface area contributed by atoms with Crippen LogP contribution in [0, 0.1) is 0 Å². The summed E-state index contributed by atoms with van der Waals surface area (Å²) in [5, 5.41) is 7.04. The number of amides is 1. The molecule has 0 radical (unpaired) electrons. The number of rotatable bonds is 2. The predicted molar refractivity (Wildman–Crippen MR) is 91.4 cm³/mol. The first kappa shape index (κ1) is 13.8. The SMILES string of the molecule is CN1N=C(c2ccccc2)CC(c2c[nH]c3ccccc23)C1=O. The fourth-order valence-corrected chi connectivity index (χ4v) is 3.21. The van der Waals surface area contributed by atoms with E-state index >= 15 is 0 Å². The van der Waals surface area contributed by atoms with Crippen LogP contribution in [-0.4, -0.2) is 28.7 Å². The van der Waals surface area contributed by atoms with Crippen molar-refractivity contribution < 1.29 is 4.79 Å². The Bertz CT molecular complexity index is 895. The Hall–Kier alpha value is -2.88. The summed E-state index contributed by atoms with van der Waals surface area (Å²) in [5.74, 6) is -0.168. The average Bonchev–Trinajstić information content (AvgIpc) is 3.02. The number of nitrogens with one attached hydrogen (secondary N) is 1. The Kier molecular flexibility index (Phi) is 3.23. The molecule has 2 heterocycles. The summed E-state index contributed by atoms with van der Waals surface area (Å²) in [6.07, 6.45) is 2.57. The van der Waals surface area contributed by atoms with Gasteiger partial charge >= 0.3 is 0 Å². The first-order valence-corrected chi connectivity index (χ1v) is 7.70. The van der Waals surface area contributed by atoms with Gasteiger partial charge in [0.15, 0.2) is 0 Å². The third kappa shape index (κ3) is 2.32. The molecule has 114 valence electrons. The second-order valence-corrected chi connectivity index (χ2v) is 5.82. The van der Waals surface area contributed by atoms with Gasteiger partial charge in [0.25, 0.3) is 0 Å². The lowest BCUT2D eigenvalue weighted by Gasteiger charge is -2.27. The van der Waals surface area contributed by atoms with Crippen molar-refractivity contribution in [1.29, 1.82) is 0 Å². The van der Waals surface area contributed by atoms with Crippen molar-refractivity contribution in [3.8, 4) is 0 Å². The normalized spacial score (nSPS) is 18.3. The Labute approximate surface area is 134 Å². The van der Waals surface area contributed by atoms with Crippen molar-refractivity contribution in [2.45, 2.75) is 12.3 Å². The molecular formula is C19H17N3O.